The second-order valence-electron chi connectivity index (χ2n) is 4.67. The van der Waals surface area contributed by atoms with Crippen LogP contribution in [0, 0.1) is 0 Å². The first-order valence-electron chi connectivity index (χ1n) is 6.09. The van der Waals surface area contributed by atoms with Crippen molar-refractivity contribution in [1.29, 1.82) is 0 Å². The second-order valence-corrected chi connectivity index (χ2v) is 5.10. The Kier molecular flexibility index (Phi) is 3.06. The van der Waals surface area contributed by atoms with Gasteiger partial charge < -0.3 is 10.3 Å². The minimum absolute atomic E-state index is 0.137. The maximum Gasteiger partial charge on any atom is 0.231 e. The van der Waals surface area contributed by atoms with E-state index in [1.165, 1.54) is 0 Å². The van der Waals surface area contributed by atoms with Crippen LogP contribution in [0.25, 0.3) is 11.4 Å². The van der Waals surface area contributed by atoms with Gasteiger partial charge in [0.15, 0.2) is 0 Å². The van der Waals surface area contributed by atoms with Crippen LogP contribution < -0.4 is 5.73 Å². The molecule has 1 heterocycles. The van der Waals surface area contributed by atoms with E-state index in [0.717, 1.165) is 24.8 Å². The fourth-order valence-corrected chi connectivity index (χ4v) is 2.62. The predicted molar refractivity (Wildman–Crippen MR) is 69.3 cm³/mol. The molecule has 1 fully saturated rings. The lowest BCUT2D eigenvalue weighted by molar-refractivity contribution is 0.345. The van der Waals surface area contributed by atoms with Gasteiger partial charge in [-0.2, -0.15) is 4.98 Å². The molecule has 0 bridgehead atoms. The van der Waals surface area contributed by atoms with E-state index in [4.69, 9.17) is 21.9 Å². The van der Waals surface area contributed by atoms with E-state index in [1.54, 1.807) is 0 Å². The van der Waals surface area contributed by atoms with Gasteiger partial charge in [-0.25, -0.2) is 0 Å². The Bertz CT molecular complexity index is 555. The maximum absolute atomic E-state index is 6.03. The van der Waals surface area contributed by atoms with Gasteiger partial charge in [-0.1, -0.05) is 35.3 Å². The molecule has 94 valence electrons. The summed E-state index contributed by atoms with van der Waals surface area (Å²) in [5, 5.41) is 4.67. The summed E-state index contributed by atoms with van der Waals surface area (Å²) in [6, 6.07) is 7.56. The van der Waals surface area contributed by atoms with Crippen LogP contribution >= 0.6 is 11.6 Å². The first-order chi connectivity index (χ1) is 8.74. The minimum Gasteiger partial charge on any atom is -0.339 e. The van der Waals surface area contributed by atoms with Gasteiger partial charge in [0.2, 0.25) is 11.7 Å². The van der Waals surface area contributed by atoms with Crippen molar-refractivity contribution in [2.45, 2.75) is 31.2 Å². The van der Waals surface area contributed by atoms with Crippen LogP contribution in [0.4, 0.5) is 0 Å². The molecule has 0 spiro atoms. The van der Waals surface area contributed by atoms with E-state index >= 15 is 0 Å². The summed E-state index contributed by atoms with van der Waals surface area (Å²) in [7, 11) is 0. The molecule has 1 saturated carbocycles. The lowest BCUT2D eigenvalue weighted by Crippen LogP contribution is -2.22. The summed E-state index contributed by atoms with van der Waals surface area (Å²) >= 11 is 5.95. The highest BCUT2D eigenvalue weighted by molar-refractivity contribution is 6.30. The average Bonchev–Trinajstić information content (AvgIpc) is 2.97. The van der Waals surface area contributed by atoms with Crippen molar-refractivity contribution in [2.24, 2.45) is 5.73 Å². The number of nitrogens with two attached hydrogens (primary N) is 1. The molecule has 3 rings (SSSR count). The van der Waals surface area contributed by atoms with E-state index in [-0.39, 0.29) is 12.0 Å². The number of benzene rings is 1. The highest BCUT2D eigenvalue weighted by Crippen LogP contribution is 2.33. The van der Waals surface area contributed by atoms with Crippen LogP contribution in [-0.4, -0.2) is 16.2 Å². The lowest BCUT2D eigenvalue weighted by atomic mass is 10.1. The van der Waals surface area contributed by atoms with Crippen molar-refractivity contribution in [1.82, 2.24) is 10.1 Å². The monoisotopic (exact) mass is 263 g/mol. The number of aromatic nitrogens is 2. The summed E-state index contributed by atoms with van der Waals surface area (Å²) in [5.41, 5.74) is 6.90. The van der Waals surface area contributed by atoms with Crippen molar-refractivity contribution in [2.75, 3.05) is 0 Å². The molecule has 1 aromatic heterocycles. The van der Waals surface area contributed by atoms with Gasteiger partial charge in [-0.3, -0.25) is 0 Å². The molecule has 1 aliphatic rings. The third-order valence-electron chi connectivity index (χ3n) is 3.41. The van der Waals surface area contributed by atoms with Gasteiger partial charge in [0.1, 0.15) is 0 Å². The number of hydrogen-bond acceptors (Lipinski definition) is 4. The molecule has 2 aromatic rings. The quantitative estimate of drug-likeness (QED) is 0.905. The molecular formula is C13H14ClN3O. The van der Waals surface area contributed by atoms with Gasteiger partial charge in [0.25, 0.3) is 0 Å². The van der Waals surface area contributed by atoms with Crippen LogP contribution in [0.5, 0.6) is 0 Å². The lowest BCUT2D eigenvalue weighted by Gasteiger charge is -2.08. The molecule has 18 heavy (non-hydrogen) atoms. The smallest absolute Gasteiger partial charge is 0.231 e. The molecule has 4 nitrogen and oxygen atoms in total. The van der Waals surface area contributed by atoms with Crippen molar-refractivity contribution in [3.8, 4) is 11.4 Å². The summed E-state index contributed by atoms with van der Waals surface area (Å²) in [6.07, 6.45) is 3.18. The zero-order valence-electron chi connectivity index (χ0n) is 9.84. The first kappa shape index (κ1) is 11.7. The minimum atomic E-state index is 0.137. The Hall–Kier alpha value is -1.39. The van der Waals surface area contributed by atoms with Gasteiger partial charge in [-0.05, 0) is 25.0 Å². The molecule has 0 radical (unpaired) electrons. The number of rotatable bonds is 2. The molecule has 0 saturated heterocycles. The highest BCUT2D eigenvalue weighted by atomic mass is 35.5. The van der Waals surface area contributed by atoms with Crippen LogP contribution in [0.3, 0.4) is 0 Å². The van der Waals surface area contributed by atoms with Gasteiger partial charge in [0, 0.05) is 16.6 Å². The average molecular weight is 264 g/mol. The summed E-state index contributed by atoms with van der Waals surface area (Å²) < 4.78 is 5.33. The van der Waals surface area contributed by atoms with Crippen LogP contribution in [0.15, 0.2) is 28.8 Å². The first-order valence-corrected chi connectivity index (χ1v) is 6.47. The largest absolute Gasteiger partial charge is 0.339 e. The van der Waals surface area contributed by atoms with E-state index in [9.17, 15) is 0 Å². The third-order valence-corrected chi connectivity index (χ3v) is 3.65. The normalized spacial score (nSPS) is 23.4. The Morgan fingerprint density at radius 3 is 2.94 bits per heavy atom. The fraction of sp³-hybridized carbons (Fsp3) is 0.385. The zero-order chi connectivity index (χ0) is 12.5. The Balaban J connectivity index is 1.89. The SMILES string of the molecule is NC1CCCC1c1nc(-c2cccc(Cl)c2)no1. The van der Waals surface area contributed by atoms with Crippen molar-refractivity contribution in [3.63, 3.8) is 0 Å². The summed E-state index contributed by atoms with van der Waals surface area (Å²) in [5.74, 6) is 1.42. The van der Waals surface area contributed by atoms with E-state index in [2.05, 4.69) is 10.1 Å². The topological polar surface area (TPSA) is 64.9 Å². The maximum atomic E-state index is 6.03. The number of nitrogens with zero attached hydrogens (tertiary/aromatic N) is 2. The third kappa shape index (κ3) is 2.13. The van der Waals surface area contributed by atoms with Crippen LogP contribution in [0.1, 0.15) is 31.1 Å². The number of hydrogen-bond donors (Lipinski definition) is 1. The van der Waals surface area contributed by atoms with E-state index < -0.39 is 0 Å². The molecular weight excluding hydrogens is 250 g/mol. The van der Waals surface area contributed by atoms with E-state index in [0.29, 0.717) is 16.7 Å². The van der Waals surface area contributed by atoms with Crippen molar-refractivity contribution in [3.05, 3.63) is 35.2 Å². The van der Waals surface area contributed by atoms with Crippen molar-refractivity contribution >= 4 is 11.6 Å². The zero-order valence-corrected chi connectivity index (χ0v) is 10.6. The second kappa shape index (κ2) is 4.71. The Morgan fingerprint density at radius 1 is 1.33 bits per heavy atom. The molecule has 0 aliphatic heterocycles. The van der Waals surface area contributed by atoms with Crippen LogP contribution in [0.2, 0.25) is 5.02 Å². The molecule has 0 amide bonds. The molecule has 1 aliphatic carbocycles. The van der Waals surface area contributed by atoms with Gasteiger partial charge >= 0.3 is 0 Å². The van der Waals surface area contributed by atoms with Gasteiger partial charge in [0.05, 0.1) is 5.92 Å². The summed E-state index contributed by atoms with van der Waals surface area (Å²) in [6.45, 7) is 0. The van der Waals surface area contributed by atoms with Gasteiger partial charge in [-0.15, -0.1) is 0 Å². The summed E-state index contributed by atoms with van der Waals surface area (Å²) in [4.78, 5) is 4.44. The molecule has 1 aromatic carbocycles. The Morgan fingerprint density at radius 2 is 2.22 bits per heavy atom. The molecule has 2 N–H and O–H groups in total. The molecule has 2 atom stereocenters. The predicted octanol–water partition coefficient (Wildman–Crippen LogP) is 2.98. The number of halogens is 1. The van der Waals surface area contributed by atoms with Crippen molar-refractivity contribution < 1.29 is 4.52 Å². The Labute approximate surface area is 110 Å². The fourth-order valence-electron chi connectivity index (χ4n) is 2.43. The van der Waals surface area contributed by atoms with E-state index in [1.807, 2.05) is 24.3 Å². The molecule has 5 heteroatoms. The van der Waals surface area contributed by atoms with Crippen LogP contribution in [-0.2, 0) is 0 Å². The highest BCUT2D eigenvalue weighted by Gasteiger charge is 2.30. The standard InChI is InChI=1S/C13H14ClN3O/c14-9-4-1-3-8(7-9)12-16-13(18-17-12)10-5-2-6-11(10)15/h1,3-4,7,10-11H,2,5-6,15H2. The molecule has 2 unspecified atom stereocenters.